The van der Waals surface area contributed by atoms with Crippen molar-refractivity contribution in [2.24, 2.45) is 0 Å². The molecule has 0 bridgehead atoms. The molecule has 144 valence electrons. The van der Waals surface area contributed by atoms with E-state index in [9.17, 15) is 13.2 Å². The van der Waals surface area contributed by atoms with Crippen LogP contribution in [-0.4, -0.2) is 33.2 Å². The van der Waals surface area contributed by atoms with E-state index in [1.165, 1.54) is 28.7 Å². The first-order chi connectivity index (χ1) is 12.9. The SMILES string of the molecule is CCNS(=O)(=O)c1ccc(/C=C/C(=O)NCCSc2ccc(C)cc2)cc1. The summed E-state index contributed by atoms with van der Waals surface area (Å²) in [6.07, 6.45) is 3.11. The topological polar surface area (TPSA) is 75.3 Å². The Bertz CT molecular complexity index is 874. The van der Waals surface area contributed by atoms with Crippen LogP contribution in [-0.2, 0) is 14.8 Å². The molecule has 0 heterocycles. The largest absolute Gasteiger partial charge is 0.352 e. The zero-order valence-electron chi connectivity index (χ0n) is 15.4. The van der Waals surface area contributed by atoms with Gasteiger partial charge in [0.2, 0.25) is 15.9 Å². The summed E-state index contributed by atoms with van der Waals surface area (Å²) in [7, 11) is -3.45. The maximum atomic E-state index is 11.9. The number of sulfonamides is 1. The molecule has 0 aliphatic carbocycles. The molecule has 0 radical (unpaired) electrons. The van der Waals surface area contributed by atoms with Crippen LogP contribution in [0.1, 0.15) is 18.1 Å². The molecule has 0 atom stereocenters. The molecule has 7 heteroatoms. The van der Waals surface area contributed by atoms with Gasteiger partial charge in [-0.15, -0.1) is 11.8 Å². The lowest BCUT2D eigenvalue weighted by Gasteiger charge is -2.05. The summed E-state index contributed by atoms with van der Waals surface area (Å²) in [5.41, 5.74) is 1.99. The van der Waals surface area contributed by atoms with Crippen LogP contribution in [0, 0.1) is 6.92 Å². The third-order valence-electron chi connectivity index (χ3n) is 3.64. The number of thioether (sulfide) groups is 1. The summed E-state index contributed by atoms with van der Waals surface area (Å²) in [5, 5.41) is 2.83. The van der Waals surface area contributed by atoms with Crippen LogP contribution in [0.25, 0.3) is 6.08 Å². The zero-order valence-corrected chi connectivity index (χ0v) is 17.1. The Balaban J connectivity index is 1.78. The van der Waals surface area contributed by atoms with Crippen molar-refractivity contribution in [1.29, 1.82) is 0 Å². The van der Waals surface area contributed by atoms with E-state index in [1.54, 1.807) is 36.9 Å². The van der Waals surface area contributed by atoms with E-state index >= 15 is 0 Å². The van der Waals surface area contributed by atoms with Gasteiger partial charge < -0.3 is 5.32 Å². The van der Waals surface area contributed by atoms with Gasteiger partial charge in [0.05, 0.1) is 4.90 Å². The highest BCUT2D eigenvalue weighted by Crippen LogP contribution is 2.17. The average Bonchev–Trinajstić information content (AvgIpc) is 2.65. The summed E-state index contributed by atoms with van der Waals surface area (Å²) in [6, 6.07) is 14.7. The monoisotopic (exact) mass is 404 g/mol. The van der Waals surface area contributed by atoms with Gasteiger partial charge in [0, 0.05) is 29.8 Å². The van der Waals surface area contributed by atoms with Gasteiger partial charge in [-0.25, -0.2) is 13.1 Å². The van der Waals surface area contributed by atoms with Gasteiger partial charge in [-0.3, -0.25) is 4.79 Å². The molecule has 1 amide bonds. The van der Waals surface area contributed by atoms with Gasteiger partial charge in [0.1, 0.15) is 0 Å². The van der Waals surface area contributed by atoms with Crippen molar-refractivity contribution in [3.05, 3.63) is 65.7 Å². The van der Waals surface area contributed by atoms with E-state index in [-0.39, 0.29) is 10.8 Å². The van der Waals surface area contributed by atoms with Gasteiger partial charge in [-0.2, -0.15) is 0 Å². The number of benzene rings is 2. The number of amides is 1. The molecule has 2 aromatic carbocycles. The molecule has 0 aliphatic heterocycles. The van der Waals surface area contributed by atoms with Crippen LogP contribution in [0.4, 0.5) is 0 Å². The van der Waals surface area contributed by atoms with E-state index in [0.717, 1.165) is 11.3 Å². The Morgan fingerprint density at radius 1 is 1.07 bits per heavy atom. The quantitative estimate of drug-likeness (QED) is 0.382. The molecule has 0 saturated carbocycles. The van der Waals surface area contributed by atoms with Crippen LogP contribution in [0.15, 0.2) is 64.4 Å². The Morgan fingerprint density at radius 2 is 1.74 bits per heavy atom. The predicted octanol–water partition coefficient (Wildman–Crippen LogP) is 3.21. The van der Waals surface area contributed by atoms with E-state index in [2.05, 4.69) is 41.2 Å². The first-order valence-electron chi connectivity index (χ1n) is 8.66. The fraction of sp³-hybridized carbons (Fsp3) is 0.250. The number of aryl methyl sites for hydroxylation is 1. The molecule has 27 heavy (non-hydrogen) atoms. The minimum Gasteiger partial charge on any atom is -0.352 e. The normalized spacial score (nSPS) is 11.6. The number of hydrogen-bond acceptors (Lipinski definition) is 4. The molecule has 0 unspecified atom stereocenters. The number of rotatable bonds is 9. The van der Waals surface area contributed by atoms with E-state index < -0.39 is 10.0 Å². The van der Waals surface area contributed by atoms with Crippen molar-refractivity contribution in [2.75, 3.05) is 18.8 Å². The summed E-state index contributed by atoms with van der Waals surface area (Å²) < 4.78 is 26.2. The summed E-state index contributed by atoms with van der Waals surface area (Å²) in [4.78, 5) is 13.3. The molecule has 0 aliphatic rings. The van der Waals surface area contributed by atoms with Gasteiger partial charge >= 0.3 is 0 Å². The minimum absolute atomic E-state index is 0.177. The van der Waals surface area contributed by atoms with E-state index in [0.29, 0.717) is 13.1 Å². The van der Waals surface area contributed by atoms with Crippen molar-refractivity contribution in [3.8, 4) is 0 Å². The maximum Gasteiger partial charge on any atom is 0.244 e. The van der Waals surface area contributed by atoms with Crippen LogP contribution in [0.5, 0.6) is 0 Å². The molecule has 0 saturated heterocycles. The van der Waals surface area contributed by atoms with Gasteiger partial charge in [0.25, 0.3) is 0 Å². The molecule has 2 aromatic rings. The second kappa shape index (κ2) is 10.3. The lowest BCUT2D eigenvalue weighted by Crippen LogP contribution is -2.23. The van der Waals surface area contributed by atoms with Crippen molar-refractivity contribution in [3.63, 3.8) is 0 Å². The molecular weight excluding hydrogens is 380 g/mol. The van der Waals surface area contributed by atoms with Crippen LogP contribution in [0.2, 0.25) is 0 Å². The first-order valence-corrected chi connectivity index (χ1v) is 11.1. The Kier molecular flexibility index (Phi) is 8.09. The summed E-state index contributed by atoms with van der Waals surface area (Å²) in [5.74, 6) is 0.614. The smallest absolute Gasteiger partial charge is 0.244 e. The highest BCUT2D eigenvalue weighted by atomic mass is 32.2. The highest BCUT2D eigenvalue weighted by molar-refractivity contribution is 7.99. The minimum atomic E-state index is -3.45. The average molecular weight is 405 g/mol. The summed E-state index contributed by atoms with van der Waals surface area (Å²) in [6.45, 7) is 4.69. The molecule has 0 aromatic heterocycles. The van der Waals surface area contributed by atoms with Crippen molar-refractivity contribution < 1.29 is 13.2 Å². The molecular formula is C20H24N2O3S2. The second-order valence-corrected chi connectivity index (χ2v) is 8.79. The predicted molar refractivity (Wildman–Crippen MR) is 111 cm³/mol. The molecule has 2 rings (SSSR count). The third kappa shape index (κ3) is 7.21. The standard InChI is InChI=1S/C20H24N2O3S2/c1-3-22-27(24,25)19-11-6-17(7-12-19)8-13-20(23)21-14-15-26-18-9-4-16(2)5-10-18/h4-13,22H,3,14-15H2,1-2H3,(H,21,23)/b13-8+. The second-order valence-electron chi connectivity index (χ2n) is 5.86. The van der Waals surface area contributed by atoms with Gasteiger partial charge in [-0.1, -0.05) is 36.8 Å². The first kappa shape index (κ1) is 21.2. The number of hydrogen-bond donors (Lipinski definition) is 2. The van der Waals surface area contributed by atoms with Crippen LogP contribution in [0.3, 0.4) is 0 Å². The van der Waals surface area contributed by atoms with Crippen molar-refractivity contribution in [1.82, 2.24) is 10.0 Å². The van der Waals surface area contributed by atoms with Gasteiger partial charge in [-0.05, 0) is 42.8 Å². The van der Waals surface area contributed by atoms with Crippen molar-refractivity contribution >= 4 is 33.8 Å². The van der Waals surface area contributed by atoms with Crippen LogP contribution < -0.4 is 10.0 Å². The zero-order chi connectivity index (χ0) is 19.7. The maximum absolute atomic E-state index is 11.9. The van der Waals surface area contributed by atoms with Crippen LogP contribution >= 0.6 is 11.8 Å². The summed E-state index contributed by atoms with van der Waals surface area (Å²) >= 11 is 1.69. The lowest BCUT2D eigenvalue weighted by molar-refractivity contribution is -0.116. The van der Waals surface area contributed by atoms with Crippen molar-refractivity contribution in [2.45, 2.75) is 23.6 Å². The third-order valence-corrected chi connectivity index (χ3v) is 6.22. The van der Waals surface area contributed by atoms with Gasteiger partial charge in [0.15, 0.2) is 0 Å². The van der Waals surface area contributed by atoms with E-state index in [1.807, 2.05) is 0 Å². The molecule has 2 N–H and O–H groups in total. The molecule has 0 fully saturated rings. The number of carbonyl (C=O) groups excluding carboxylic acids is 1. The van der Waals surface area contributed by atoms with E-state index in [4.69, 9.17) is 0 Å². The molecule has 5 nitrogen and oxygen atoms in total. The Labute approximate surface area is 165 Å². The fourth-order valence-electron chi connectivity index (χ4n) is 2.24. The fourth-order valence-corrected chi connectivity index (χ4v) is 4.05. The molecule has 0 spiro atoms. The number of nitrogens with one attached hydrogen (secondary N) is 2. The highest BCUT2D eigenvalue weighted by Gasteiger charge is 2.11. The number of carbonyl (C=O) groups is 1. The Morgan fingerprint density at radius 3 is 2.37 bits per heavy atom. The Hall–Kier alpha value is -2.09. The lowest BCUT2D eigenvalue weighted by atomic mass is 10.2.